The normalized spacial score (nSPS) is 28.2. The summed E-state index contributed by atoms with van der Waals surface area (Å²) in [6.45, 7) is 1.73. The number of likely N-dealkylation sites (N-methyl/N-ethyl adjacent to an activating group) is 1. The molecule has 3 rings (SSSR count). The summed E-state index contributed by atoms with van der Waals surface area (Å²) in [5.74, 6) is -0.615. The molecular weight excluding hydrogens is 319 g/mol. The Kier molecular flexibility index (Phi) is 4.01. The molecule has 1 heterocycles. The number of benzene rings is 1. The quantitative estimate of drug-likeness (QED) is 0.907. The van der Waals surface area contributed by atoms with E-state index in [9.17, 15) is 17.6 Å². The zero-order valence-electron chi connectivity index (χ0n) is 12.9. The van der Waals surface area contributed by atoms with E-state index >= 15 is 0 Å². The molecule has 1 aromatic rings. The van der Waals surface area contributed by atoms with Crippen LogP contribution in [0.3, 0.4) is 0 Å². The summed E-state index contributed by atoms with van der Waals surface area (Å²) < 4.78 is 40.8. The van der Waals surface area contributed by atoms with Crippen molar-refractivity contribution in [1.82, 2.24) is 9.62 Å². The molecule has 1 amide bonds. The van der Waals surface area contributed by atoms with Crippen molar-refractivity contribution >= 4 is 15.9 Å². The second-order valence-electron chi connectivity index (χ2n) is 6.16. The number of carbonyl (C=O) groups is 1. The van der Waals surface area contributed by atoms with Crippen molar-refractivity contribution in [1.29, 1.82) is 0 Å². The van der Waals surface area contributed by atoms with Crippen LogP contribution in [-0.4, -0.2) is 37.6 Å². The molecule has 1 N–H and O–H groups in total. The predicted octanol–water partition coefficient (Wildman–Crippen LogP) is 1.59. The molecule has 1 unspecified atom stereocenters. The van der Waals surface area contributed by atoms with E-state index in [1.54, 1.807) is 37.1 Å². The summed E-state index contributed by atoms with van der Waals surface area (Å²) >= 11 is 0. The fourth-order valence-electron chi connectivity index (χ4n) is 3.23. The highest BCUT2D eigenvalue weighted by Gasteiger charge is 2.51. The van der Waals surface area contributed by atoms with Gasteiger partial charge in [0, 0.05) is 25.0 Å². The lowest BCUT2D eigenvalue weighted by molar-refractivity contribution is -0.130. The van der Waals surface area contributed by atoms with Gasteiger partial charge >= 0.3 is 0 Å². The molecule has 0 saturated heterocycles. The van der Waals surface area contributed by atoms with Gasteiger partial charge in [0.05, 0.1) is 5.25 Å². The number of rotatable bonds is 4. The van der Waals surface area contributed by atoms with Crippen LogP contribution in [0.4, 0.5) is 4.39 Å². The molecule has 23 heavy (non-hydrogen) atoms. The van der Waals surface area contributed by atoms with E-state index < -0.39 is 21.3 Å². The monoisotopic (exact) mass is 338 g/mol. The molecule has 0 bridgehead atoms. The lowest BCUT2D eigenvalue weighted by Crippen LogP contribution is -2.61. The first-order chi connectivity index (χ1) is 10.8. The molecular formula is C16H19FN2O3S. The van der Waals surface area contributed by atoms with Crippen LogP contribution in [0.15, 0.2) is 36.4 Å². The van der Waals surface area contributed by atoms with Crippen molar-refractivity contribution in [3.63, 3.8) is 0 Å². The summed E-state index contributed by atoms with van der Waals surface area (Å²) in [5.41, 5.74) is 0.706. The van der Waals surface area contributed by atoms with Crippen molar-refractivity contribution in [2.24, 2.45) is 5.92 Å². The summed E-state index contributed by atoms with van der Waals surface area (Å²) in [5, 5.41) is -0.540. The van der Waals surface area contributed by atoms with Crippen molar-refractivity contribution < 1.29 is 17.6 Å². The maximum Gasteiger partial charge on any atom is 0.246 e. The van der Waals surface area contributed by atoms with E-state index in [-0.39, 0.29) is 23.7 Å². The van der Waals surface area contributed by atoms with Crippen LogP contribution in [0.1, 0.15) is 24.9 Å². The Morgan fingerprint density at radius 1 is 1.30 bits per heavy atom. The van der Waals surface area contributed by atoms with Gasteiger partial charge in [-0.05, 0) is 37.1 Å². The summed E-state index contributed by atoms with van der Waals surface area (Å²) in [4.78, 5) is 13.2. The average Bonchev–Trinajstić information content (AvgIpc) is 2.44. The van der Waals surface area contributed by atoms with Crippen LogP contribution in [-0.2, 0) is 14.8 Å². The van der Waals surface area contributed by atoms with Gasteiger partial charge in [-0.3, -0.25) is 4.79 Å². The van der Waals surface area contributed by atoms with Gasteiger partial charge < -0.3 is 4.90 Å². The third-order valence-electron chi connectivity index (χ3n) is 4.76. The van der Waals surface area contributed by atoms with Crippen LogP contribution in [0.25, 0.3) is 0 Å². The molecule has 0 radical (unpaired) electrons. The molecule has 0 aromatic heterocycles. The number of nitrogens with zero attached hydrogens (tertiary/aromatic N) is 1. The van der Waals surface area contributed by atoms with E-state index in [1.807, 2.05) is 0 Å². The van der Waals surface area contributed by atoms with Crippen molar-refractivity contribution in [2.45, 2.75) is 30.7 Å². The van der Waals surface area contributed by atoms with Crippen molar-refractivity contribution in [2.75, 3.05) is 7.05 Å². The largest absolute Gasteiger partial charge is 0.339 e. The Bertz CT molecular complexity index is 745. The Hall–Kier alpha value is -1.73. The molecule has 0 spiro atoms. The number of carbonyl (C=O) groups excluding carboxylic acids is 1. The molecule has 1 fully saturated rings. The summed E-state index contributed by atoms with van der Waals surface area (Å²) in [6.07, 6.45) is 3.57. The van der Waals surface area contributed by atoms with Gasteiger partial charge in [-0.15, -0.1) is 0 Å². The second-order valence-corrected chi connectivity index (χ2v) is 8.09. The van der Waals surface area contributed by atoms with Gasteiger partial charge in [0.25, 0.3) is 0 Å². The number of hydrogen-bond acceptors (Lipinski definition) is 3. The van der Waals surface area contributed by atoms with Crippen LogP contribution >= 0.6 is 0 Å². The van der Waals surface area contributed by atoms with Gasteiger partial charge in [0.15, 0.2) is 0 Å². The number of hydrogen-bond donors (Lipinski definition) is 1. The third kappa shape index (κ3) is 2.90. The first-order valence-electron chi connectivity index (χ1n) is 7.51. The lowest BCUT2D eigenvalue weighted by atomic mass is 9.76. The summed E-state index contributed by atoms with van der Waals surface area (Å²) in [6, 6.07) is 5.27. The van der Waals surface area contributed by atoms with E-state index in [0.717, 1.165) is 0 Å². The molecule has 124 valence electrons. The Balaban J connectivity index is 1.72. The zero-order valence-corrected chi connectivity index (χ0v) is 13.8. The molecule has 1 aromatic carbocycles. The third-order valence-corrected chi connectivity index (χ3v) is 6.75. The Morgan fingerprint density at radius 2 is 1.96 bits per heavy atom. The predicted molar refractivity (Wildman–Crippen MR) is 84.5 cm³/mol. The highest BCUT2D eigenvalue weighted by atomic mass is 32.2. The summed E-state index contributed by atoms with van der Waals surface area (Å²) in [7, 11) is -1.83. The van der Waals surface area contributed by atoms with Gasteiger partial charge in [-0.1, -0.05) is 18.2 Å². The van der Waals surface area contributed by atoms with E-state index in [1.165, 1.54) is 18.2 Å². The van der Waals surface area contributed by atoms with Crippen molar-refractivity contribution in [3.05, 3.63) is 47.8 Å². The van der Waals surface area contributed by atoms with Crippen LogP contribution in [0.2, 0.25) is 0 Å². The van der Waals surface area contributed by atoms with Gasteiger partial charge in [-0.2, -0.15) is 0 Å². The molecule has 1 aliphatic carbocycles. The van der Waals surface area contributed by atoms with E-state index in [0.29, 0.717) is 12.0 Å². The molecule has 4 atom stereocenters. The maximum atomic E-state index is 13.0. The minimum Gasteiger partial charge on any atom is -0.339 e. The lowest BCUT2D eigenvalue weighted by Gasteiger charge is -2.48. The van der Waals surface area contributed by atoms with Crippen molar-refractivity contribution in [3.8, 4) is 0 Å². The van der Waals surface area contributed by atoms with Gasteiger partial charge in [0.2, 0.25) is 15.9 Å². The van der Waals surface area contributed by atoms with Gasteiger partial charge in [0.1, 0.15) is 5.82 Å². The number of sulfonamides is 1. The average molecular weight is 338 g/mol. The number of fused-ring (bicyclic) bond motifs is 1. The SMILES string of the molecule is CC(NS(=O)(=O)[C@@H]1C[C@@H]2[C@H]1C=CC(=O)N2C)c1ccc(F)cc1. The number of amides is 1. The molecule has 1 aliphatic heterocycles. The molecule has 1 saturated carbocycles. The van der Waals surface area contributed by atoms with Crippen LogP contribution in [0, 0.1) is 11.7 Å². The maximum absolute atomic E-state index is 13.0. The molecule has 5 nitrogen and oxygen atoms in total. The fraction of sp³-hybridized carbons (Fsp3) is 0.438. The smallest absolute Gasteiger partial charge is 0.246 e. The Labute approximate surface area is 135 Å². The van der Waals surface area contributed by atoms with Gasteiger partial charge in [-0.25, -0.2) is 17.5 Å². The minimum absolute atomic E-state index is 0.0461. The zero-order chi connectivity index (χ0) is 16.8. The second kappa shape index (κ2) is 5.72. The molecule has 2 aliphatic rings. The van der Waals surface area contributed by atoms with Crippen LogP contribution in [0.5, 0.6) is 0 Å². The fourth-order valence-corrected chi connectivity index (χ4v) is 5.17. The number of nitrogens with one attached hydrogen (secondary N) is 1. The first-order valence-corrected chi connectivity index (χ1v) is 9.06. The minimum atomic E-state index is -3.53. The standard InChI is InChI=1S/C16H19FN2O3S/c1-10(11-3-5-12(17)6-4-11)18-23(21,22)15-9-14-13(15)7-8-16(20)19(14)2/h3-8,10,13-15,18H,9H2,1-2H3/t10?,13-,14-,15-/m1/s1. The molecule has 7 heteroatoms. The van der Waals surface area contributed by atoms with Crippen LogP contribution < -0.4 is 4.72 Å². The topological polar surface area (TPSA) is 66.5 Å². The van der Waals surface area contributed by atoms with E-state index in [2.05, 4.69) is 4.72 Å². The number of halogens is 1. The van der Waals surface area contributed by atoms with E-state index in [4.69, 9.17) is 0 Å². The highest BCUT2D eigenvalue weighted by Crippen LogP contribution is 2.40. The first kappa shape index (κ1) is 16.1. The highest BCUT2D eigenvalue weighted by molar-refractivity contribution is 7.90. The Morgan fingerprint density at radius 3 is 2.61 bits per heavy atom.